The van der Waals surface area contributed by atoms with E-state index in [1.54, 1.807) is 0 Å². The molecular formula is C7H11N. The van der Waals surface area contributed by atoms with Gasteiger partial charge in [0.05, 0.1) is 0 Å². The van der Waals surface area contributed by atoms with Crippen LogP contribution in [0.3, 0.4) is 0 Å². The van der Waals surface area contributed by atoms with Gasteiger partial charge in [0, 0.05) is 6.04 Å². The smallest absolute Gasteiger partial charge is 0.0437 e. The molecule has 0 heterocycles. The Morgan fingerprint density at radius 1 is 1.75 bits per heavy atom. The molecule has 0 saturated carbocycles. The zero-order valence-electron chi connectivity index (χ0n) is 4.93. The summed E-state index contributed by atoms with van der Waals surface area (Å²) < 4.78 is 0. The minimum atomic E-state index is 0.128. The Balaban J connectivity index is 2.60. The Morgan fingerprint density at radius 2 is 2.50 bits per heavy atom. The van der Waals surface area contributed by atoms with Crippen LogP contribution in [-0.4, -0.2) is 6.04 Å². The number of rotatable bonds is 0. The summed E-state index contributed by atoms with van der Waals surface area (Å²) in [7, 11) is 0. The van der Waals surface area contributed by atoms with Crippen molar-refractivity contribution >= 4 is 0 Å². The molecule has 0 aliphatic heterocycles. The predicted octanol–water partition coefficient (Wildman–Crippen LogP) is 1.22. The molecule has 8 heavy (non-hydrogen) atoms. The molecule has 1 unspecified atom stereocenters. The average molecular weight is 109 g/mol. The van der Waals surface area contributed by atoms with Crippen molar-refractivity contribution in [3.63, 3.8) is 0 Å². The van der Waals surface area contributed by atoms with Gasteiger partial charge in [-0.25, -0.2) is 0 Å². The number of hydrogen-bond donors (Lipinski definition) is 1. The summed E-state index contributed by atoms with van der Waals surface area (Å²) in [6.07, 6.45) is 6.30. The Hall–Kier alpha value is -0.560. The molecule has 1 heteroatoms. The van der Waals surface area contributed by atoms with Crippen LogP contribution in [0.5, 0.6) is 0 Å². The van der Waals surface area contributed by atoms with E-state index in [1.165, 1.54) is 0 Å². The summed E-state index contributed by atoms with van der Waals surface area (Å²) in [5.41, 5.74) is 6.75. The fourth-order valence-electron chi connectivity index (χ4n) is 0.814. The maximum Gasteiger partial charge on any atom is 0.0437 e. The van der Waals surface area contributed by atoms with Crippen LogP contribution < -0.4 is 5.73 Å². The third kappa shape index (κ3) is 0.984. The van der Waals surface area contributed by atoms with Crippen molar-refractivity contribution in [2.75, 3.05) is 0 Å². The molecule has 1 nitrogen and oxygen atoms in total. The predicted molar refractivity (Wildman–Crippen MR) is 35.5 cm³/mol. The molecule has 0 aromatic rings. The first-order chi connectivity index (χ1) is 3.80. The molecule has 1 aliphatic carbocycles. The van der Waals surface area contributed by atoms with Crippen molar-refractivity contribution in [1.82, 2.24) is 0 Å². The highest BCUT2D eigenvalue weighted by molar-refractivity contribution is 5.18. The zero-order valence-corrected chi connectivity index (χ0v) is 4.93. The van der Waals surface area contributed by atoms with Gasteiger partial charge < -0.3 is 5.73 Å². The Morgan fingerprint density at radius 3 is 2.88 bits per heavy atom. The standard InChI is InChI=1S/C7H11N/c1-6-4-2-3-5-7(6)8/h3,5,7H,1-2,4,8H2. The van der Waals surface area contributed by atoms with Crippen LogP contribution in [0.1, 0.15) is 12.8 Å². The van der Waals surface area contributed by atoms with Gasteiger partial charge in [0.25, 0.3) is 0 Å². The maximum absolute atomic E-state index is 5.59. The first-order valence-electron chi connectivity index (χ1n) is 2.90. The van der Waals surface area contributed by atoms with E-state index in [9.17, 15) is 0 Å². The number of allylic oxidation sites excluding steroid dienone is 1. The van der Waals surface area contributed by atoms with Gasteiger partial charge in [0.15, 0.2) is 0 Å². The Labute approximate surface area is 49.9 Å². The van der Waals surface area contributed by atoms with Crippen LogP contribution in [0.25, 0.3) is 0 Å². The van der Waals surface area contributed by atoms with Gasteiger partial charge in [-0.3, -0.25) is 0 Å². The summed E-state index contributed by atoms with van der Waals surface area (Å²) >= 11 is 0. The highest BCUT2D eigenvalue weighted by Gasteiger charge is 2.04. The average Bonchev–Trinajstić information content (AvgIpc) is 1.77. The van der Waals surface area contributed by atoms with E-state index in [0.29, 0.717) is 0 Å². The van der Waals surface area contributed by atoms with Gasteiger partial charge in [0.1, 0.15) is 0 Å². The molecule has 0 spiro atoms. The second-order valence-electron chi connectivity index (χ2n) is 2.15. The maximum atomic E-state index is 5.59. The Bertz CT molecular complexity index is 124. The molecule has 2 N–H and O–H groups in total. The van der Waals surface area contributed by atoms with Crippen LogP contribution in [0, 0.1) is 0 Å². The molecule has 1 atom stereocenters. The van der Waals surface area contributed by atoms with Gasteiger partial charge in [-0.1, -0.05) is 24.3 Å². The quantitative estimate of drug-likeness (QED) is 0.465. The lowest BCUT2D eigenvalue weighted by molar-refractivity contribution is 0.810. The Kier molecular flexibility index (Phi) is 1.49. The third-order valence-corrected chi connectivity index (χ3v) is 1.45. The summed E-state index contributed by atoms with van der Waals surface area (Å²) in [6, 6.07) is 0.128. The van der Waals surface area contributed by atoms with E-state index < -0.39 is 0 Å². The summed E-state index contributed by atoms with van der Waals surface area (Å²) in [5.74, 6) is 0. The van der Waals surface area contributed by atoms with Crippen molar-refractivity contribution in [2.24, 2.45) is 5.73 Å². The molecule has 0 aromatic heterocycles. The molecule has 0 radical (unpaired) electrons. The van der Waals surface area contributed by atoms with Crippen molar-refractivity contribution in [1.29, 1.82) is 0 Å². The van der Waals surface area contributed by atoms with Crippen LogP contribution in [0.2, 0.25) is 0 Å². The summed E-state index contributed by atoms with van der Waals surface area (Å²) in [4.78, 5) is 0. The molecule has 0 bridgehead atoms. The fourth-order valence-corrected chi connectivity index (χ4v) is 0.814. The number of nitrogens with two attached hydrogens (primary N) is 1. The second-order valence-corrected chi connectivity index (χ2v) is 2.15. The summed E-state index contributed by atoms with van der Waals surface area (Å²) in [5, 5.41) is 0. The minimum Gasteiger partial charge on any atom is -0.321 e. The molecular weight excluding hydrogens is 98.1 g/mol. The van der Waals surface area contributed by atoms with Crippen LogP contribution in [0.15, 0.2) is 24.3 Å². The van der Waals surface area contributed by atoms with Gasteiger partial charge in [-0.2, -0.15) is 0 Å². The topological polar surface area (TPSA) is 26.0 Å². The molecule has 1 rings (SSSR count). The van der Waals surface area contributed by atoms with Gasteiger partial charge in [-0.05, 0) is 12.8 Å². The van der Waals surface area contributed by atoms with E-state index in [-0.39, 0.29) is 6.04 Å². The third-order valence-electron chi connectivity index (χ3n) is 1.45. The molecule has 1 aliphatic rings. The molecule has 0 saturated heterocycles. The van der Waals surface area contributed by atoms with Crippen LogP contribution in [0.4, 0.5) is 0 Å². The first-order valence-corrected chi connectivity index (χ1v) is 2.90. The summed E-state index contributed by atoms with van der Waals surface area (Å²) in [6.45, 7) is 3.82. The van der Waals surface area contributed by atoms with E-state index in [2.05, 4.69) is 12.7 Å². The fraction of sp³-hybridized carbons (Fsp3) is 0.429. The van der Waals surface area contributed by atoms with E-state index in [0.717, 1.165) is 18.4 Å². The van der Waals surface area contributed by atoms with Crippen LogP contribution >= 0.6 is 0 Å². The lowest BCUT2D eigenvalue weighted by Crippen LogP contribution is -2.20. The van der Waals surface area contributed by atoms with Gasteiger partial charge in [0.2, 0.25) is 0 Å². The van der Waals surface area contributed by atoms with Crippen molar-refractivity contribution < 1.29 is 0 Å². The van der Waals surface area contributed by atoms with Crippen molar-refractivity contribution in [3.8, 4) is 0 Å². The monoisotopic (exact) mass is 109 g/mol. The second kappa shape index (κ2) is 2.14. The SMILES string of the molecule is C=C1CCC=CC1N. The molecule has 0 amide bonds. The van der Waals surface area contributed by atoms with Crippen molar-refractivity contribution in [2.45, 2.75) is 18.9 Å². The minimum absolute atomic E-state index is 0.128. The lowest BCUT2D eigenvalue weighted by atomic mass is 9.99. The highest BCUT2D eigenvalue weighted by atomic mass is 14.6. The first kappa shape index (κ1) is 5.57. The number of hydrogen-bond acceptors (Lipinski definition) is 1. The zero-order chi connectivity index (χ0) is 5.98. The van der Waals surface area contributed by atoms with Gasteiger partial charge >= 0.3 is 0 Å². The van der Waals surface area contributed by atoms with Gasteiger partial charge in [-0.15, -0.1) is 0 Å². The lowest BCUT2D eigenvalue weighted by Gasteiger charge is -2.13. The van der Waals surface area contributed by atoms with Crippen LogP contribution in [-0.2, 0) is 0 Å². The largest absolute Gasteiger partial charge is 0.321 e. The van der Waals surface area contributed by atoms with E-state index >= 15 is 0 Å². The van der Waals surface area contributed by atoms with E-state index in [4.69, 9.17) is 5.73 Å². The van der Waals surface area contributed by atoms with E-state index in [1.807, 2.05) is 6.08 Å². The highest BCUT2D eigenvalue weighted by Crippen LogP contribution is 2.12. The molecule has 0 aromatic carbocycles. The molecule has 44 valence electrons. The van der Waals surface area contributed by atoms with Crippen molar-refractivity contribution in [3.05, 3.63) is 24.3 Å². The normalized spacial score (nSPS) is 28.6. The molecule has 0 fully saturated rings.